The molecule has 34 heavy (non-hydrogen) atoms. The Morgan fingerprint density at radius 3 is 2.71 bits per heavy atom. The van der Waals surface area contributed by atoms with Crippen molar-refractivity contribution in [1.82, 2.24) is 10.0 Å². The van der Waals surface area contributed by atoms with Gasteiger partial charge in [0.2, 0.25) is 10.0 Å². The molecule has 0 aromatic heterocycles. The Labute approximate surface area is 209 Å². The molecule has 2 aliphatic carbocycles. The molecule has 0 unspecified atom stereocenters. The summed E-state index contributed by atoms with van der Waals surface area (Å²) in [5, 5.41) is 3.76. The predicted molar refractivity (Wildman–Crippen MR) is 140 cm³/mol. The quantitative estimate of drug-likeness (QED) is 0.464. The third kappa shape index (κ3) is 5.76. The Kier molecular flexibility index (Phi) is 7.94. The maximum atomic E-state index is 11.9. The van der Waals surface area contributed by atoms with Crippen LogP contribution in [-0.4, -0.2) is 45.0 Å². The summed E-state index contributed by atoms with van der Waals surface area (Å²) >= 11 is 0. The second kappa shape index (κ2) is 10.1. The first kappa shape index (κ1) is 26.6. The molecule has 5 nitrogen and oxygen atoms in total. The number of allylic oxidation sites excluding steroid dienone is 1. The highest BCUT2D eigenvalue weighted by Crippen LogP contribution is 2.52. The molecule has 1 saturated carbocycles. The van der Waals surface area contributed by atoms with Crippen molar-refractivity contribution in [2.45, 2.75) is 123 Å². The number of sulfonamides is 1. The number of nitrogens with one attached hydrogen (secondary N) is 2. The largest absolute Gasteiger partial charge is 0.366 e. The van der Waals surface area contributed by atoms with Crippen LogP contribution >= 0.6 is 0 Å². The maximum Gasteiger partial charge on any atom is 0.208 e. The number of piperidine rings is 1. The highest BCUT2D eigenvalue weighted by molar-refractivity contribution is 7.88. The van der Waals surface area contributed by atoms with Gasteiger partial charge in [0.15, 0.2) is 0 Å². The fourth-order valence-corrected chi connectivity index (χ4v) is 8.58. The van der Waals surface area contributed by atoms with Gasteiger partial charge in [-0.05, 0) is 87.0 Å². The van der Waals surface area contributed by atoms with Crippen molar-refractivity contribution in [1.29, 1.82) is 0 Å². The third-order valence-electron chi connectivity index (χ3n) is 10.1. The van der Waals surface area contributed by atoms with Crippen molar-refractivity contribution < 1.29 is 13.2 Å². The minimum absolute atomic E-state index is 0.0608. The van der Waals surface area contributed by atoms with Crippen LogP contribution in [0.2, 0.25) is 0 Å². The number of hydrogen-bond acceptors (Lipinski definition) is 4. The van der Waals surface area contributed by atoms with E-state index in [1.54, 1.807) is 5.57 Å². The molecule has 2 N–H and O–H groups in total. The molecule has 4 aliphatic rings. The third-order valence-corrected chi connectivity index (χ3v) is 10.8. The fourth-order valence-electron chi connectivity index (χ4n) is 7.76. The molecule has 2 heterocycles. The summed E-state index contributed by atoms with van der Waals surface area (Å²) in [6, 6.07) is 0.608. The van der Waals surface area contributed by atoms with E-state index in [9.17, 15) is 8.42 Å². The Hall–Kier alpha value is -0.430. The average Bonchev–Trinajstić information content (AvgIpc) is 3.09. The van der Waals surface area contributed by atoms with Gasteiger partial charge in [0.25, 0.3) is 0 Å². The molecule has 6 heteroatoms. The summed E-state index contributed by atoms with van der Waals surface area (Å²) in [6.07, 6.45) is 15.4. The van der Waals surface area contributed by atoms with Gasteiger partial charge in [-0.2, -0.15) is 0 Å². The van der Waals surface area contributed by atoms with E-state index in [-0.39, 0.29) is 17.1 Å². The lowest BCUT2D eigenvalue weighted by Crippen LogP contribution is -2.46. The molecule has 0 radical (unpaired) electrons. The van der Waals surface area contributed by atoms with E-state index in [1.165, 1.54) is 25.5 Å². The molecule has 0 bridgehead atoms. The number of rotatable bonds is 7. The second-order valence-corrected chi connectivity index (χ2v) is 14.7. The molecule has 9 atom stereocenters. The van der Waals surface area contributed by atoms with Gasteiger partial charge in [0.05, 0.1) is 18.0 Å². The van der Waals surface area contributed by atoms with Crippen LogP contribution in [-0.2, 0) is 14.8 Å². The molecular formula is C28H50N2O3S. The van der Waals surface area contributed by atoms with Gasteiger partial charge in [-0.3, -0.25) is 0 Å². The zero-order chi connectivity index (χ0) is 24.7. The minimum atomic E-state index is -3.15. The SMILES string of the molecule is CCC[C@@H]1C[C@H](NS(C)(=O)=O)CC[C@]1(C)[C@H](C)CC1=C[C@@]2(CC[C@H]1C)C[C@@H]1NC[C@@H](C)C[C@H]1O2. The van der Waals surface area contributed by atoms with Gasteiger partial charge in [0.1, 0.15) is 0 Å². The van der Waals surface area contributed by atoms with Gasteiger partial charge in [-0.1, -0.05) is 59.1 Å². The van der Waals surface area contributed by atoms with Crippen LogP contribution in [0.15, 0.2) is 11.6 Å². The van der Waals surface area contributed by atoms with E-state index in [0.29, 0.717) is 35.8 Å². The molecule has 0 amide bonds. The van der Waals surface area contributed by atoms with E-state index in [1.807, 2.05) is 0 Å². The molecule has 2 saturated heterocycles. The van der Waals surface area contributed by atoms with Crippen LogP contribution < -0.4 is 10.0 Å². The van der Waals surface area contributed by atoms with Crippen molar-refractivity contribution in [3.05, 3.63) is 11.6 Å². The summed E-state index contributed by atoms with van der Waals surface area (Å²) in [6.45, 7) is 13.1. The zero-order valence-electron chi connectivity index (χ0n) is 22.5. The summed E-state index contributed by atoms with van der Waals surface area (Å²) in [5.74, 6) is 2.46. The normalized spacial score (nSPS) is 44.0. The topological polar surface area (TPSA) is 67.4 Å². The van der Waals surface area contributed by atoms with Crippen LogP contribution in [0.3, 0.4) is 0 Å². The first-order chi connectivity index (χ1) is 15.9. The van der Waals surface area contributed by atoms with Crippen molar-refractivity contribution in [2.24, 2.45) is 29.1 Å². The minimum Gasteiger partial charge on any atom is -0.366 e. The van der Waals surface area contributed by atoms with Crippen molar-refractivity contribution in [2.75, 3.05) is 12.8 Å². The molecule has 3 fully saturated rings. The highest BCUT2D eigenvalue weighted by atomic mass is 32.2. The van der Waals surface area contributed by atoms with Gasteiger partial charge < -0.3 is 10.1 Å². The Morgan fingerprint density at radius 1 is 1.24 bits per heavy atom. The number of hydrogen-bond donors (Lipinski definition) is 2. The van der Waals surface area contributed by atoms with E-state index in [0.717, 1.165) is 51.5 Å². The lowest BCUT2D eigenvalue weighted by atomic mass is 9.57. The van der Waals surface area contributed by atoms with Gasteiger partial charge in [-0.15, -0.1) is 0 Å². The maximum absolute atomic E-state index is 11.9. The standard InChI is InChI=1S/C28H50N2O3S/c1-7-8-23-15-24(30-34(6,31)32)10-11-27(23,5)21(4)14-22-16-28(12-9-20(22)3)17-25-26(33-28)13-19(2)18-29-25/h16,19-21,23-26,29-30H,7-15,17-18H2,1-6H3/t19-,20+,21+,23+,24+,25-,26+,27+,28-/m0/s1. The first-order valence-electron chi connectivity index (χ1n) is 14.0. The van der Waals surface area contributed by atoms with E-state index < -0.39 is 10.0 Å². The summed E-state index contributed by atoms with van der Waals surface area (Å²) in [4.78, 5) is 0. The van der Waals surface area contributed by atoms with E-state index in [4.69, 9.17) is 4.74 Å². The molecular weight excluding hydrogens is 444 g/mol. The summed E-state index contributed by atoms with van der Waals surface area (Å²) < 4.78 is 33.4. The smallest absolute Gasteiger partial charge is 0.208 e. The zero-order valence-corrected chi connectivity index (χ0v) is 23.3. The number of ether oxygens (including phenoxy) is 1. The lowest BCUT2D eigenvalue weighted by molar-refractivity contribution is -0.0375. The molecule has 0 aromatic carbocycles. The monoisotopic (exact) mass is 494 g/mol. The van der Waals surface area contributed by atoms with Gasteiger partial charge in [0, 0.05) is 12.1 Å². The molecule has 0 aromatic rings. The van der Waals surface area contributed by atoms with E-state index >= 15 is 0 Å². The Balaban J connectivity index is 1.48. The van der Waals surface area contributed by atoms with Crippen LogP contribution in [0, 0.1) is 29.1 Å². The van der Waals surface area contributed by atoms with Crippen LogP contribution in [0.5, 0.6) is 0 Å². The predicted octanol–water partition coefficient (Wildman–Crippen LogP) is 5.42. The van der Waals surface area contributed by atoms with Crippen LogP contribution in [0.4, 0.5) is 0 Å². The first-order valence-corrected chi connectivity index (χ1v) is 15.9. The average molecular weight is 495 g/mol. The summed E-state index contributed by atoms with van der Waals surface area (Å²) in [7, 11) is -3.15. The highest BCUT2D eigenvalue weighted by Gasteiger charge is 2.49. The van der Waals surface area contributed by atoms with Crippen LogP contribution in [0.1, 0.15) is 98.8 Å². The van der Waals surface area contributed by atoms with Crippen LogP contribution in [0.25, 0.3) is 0 Å². The Morgan fingerprint density at radius 2 is 2.00 bits per heavy atom. The molecule has 4 rings (SSSR count). The van der Waals surface area contributed by atoms with Gasteiger partial charge >= 0.3 is 0 Å². The summed E-state index contributed by atoms with van der Waals surface area (Å²) in [5.41, 5.74) is 1.80. The van der Waals surface area contributed by atoms with Crippen molar-refractivity contribution in [3.63, 3.8) is 0 Å². The molecule has 196 valence electrons. The molecule has 1 spiro atoms. The van der Waals surface area contributed by atoms with Gasteiger partial charge in [-0.25, -0.2) is 13.1 Å². The van der Waals surface area contributed by atoms with E-state index in [2.05, 4.69) is 50.7 Å². The second-order valence-electron chi connectivity index (χ2n) is 12.9. The van der Waals surface area contributed by atoms with Crippen molar-refractivity contribution >= 4 is 10.0 Å². The van der Waals surface area contributed by atoms with Crippen molar-refractivity contribution in [3.8, 4) is 0 Å². The lowest BCUT2D eigenvalue weighted by Gasteiger charge is -2.49. The number of fused-ring (bicyclic) bond motifs is 1. The fraction of sp³-hybridized carbons (Fsp3) is 0.929. The molecule has 2 aliphatic heterocycles. The Bertz CT molecular complexity index is 858.